The van der Waals surface area contributed by atoms with Gasteiger partial charge in [0.15, 0.2) is 22.5 Å². The summed E-state index contributed by atoms with van der Waals surface area (Å²) in [4.78, 5) is 24.6. The Balaban J connectivity index is 1.47. The van der Waals surface area contributed by atoms with E-state index in [0.29, 0.717) is 28.4 Å². The van der Waals surface area contributed by atoms with Crippen molar-refractivity contribution >= 4 is 29.7 Å². The first-order valence-electron chi connectivity index (χ1n) is 11.4. The molecule has 34 heavy (non-hydrogen) atoms. The highest BCUT2D eigenvalue weighted by atomic mass is 32.2. The zero-order valence-electron chi connectivity index (χ0n) is 20.2. The molecule has 0 spiro atoms. The zero-order valence-corrected chi connectivity index (χ0v) is 21.0. The quantitative estimate of drug-likeness (QED) is 0.392. The minimum atomic E-state index is -0.257. The molecule has 0 radical (unpaired) electrons. The largest absolute Gasteiger partial charge is 0.493 e. The predicted molar refractivity (Wildman–Crippen MR) is 132 cm³/mol. The van der Waals surface area contributed by atoms with E-state index in [-0.39, 0.29) is 30.2 Å². The molecule has 2 N–H and O–H groups in total. The van der Waals surface area contributed by atoms with Crippen LogP contribution in [-0.4, -0.2) is 52.6 Å². The average molecular weight is 488 g/mol. The number of benzene rings is 1. The van der Waals surface area contributed by atoms with Crippen LogP contribution in [-0.2, 0) is 23.2 Å². The maximum absolute atomic E-state index is 12.4. The van der Waals surface area contributed by atoms with Gasteiger partial charge < -0.3 is 24.7 Å². The number of methoxy groups -OCH3 is 2. The molecule has 0 aliphatic heterocycles. The van der Waals surface area contributed by atoms with E-state index in [9.17, 15) is 9.59 Å². The van der Waals surface area contributed by atoms with E-state index in [4.69, 9.17) is 9.47 Å². The number of aromatic nitrogens is 3. The minimum Gasteiger partial charge on any atom is -0.493 e. The lowest BCUT2D eigenvalue weighted by Crippen LogP contribution is -2.41. The second-order valence-electron chi connectivity index (χ2n) is 8.35. The molecule has 10 heteroatoms. The maximum Gasteiger partial charge on any atom is 0.244 e. The summed E-state index contributed by atoms with van der Waals surface area (Å²) in [6.07, 6.45) is 7.77. The number of thioether (sulfide) groups is 1. The fourth-order valence-electron chi connectivity index (χ4n) is 3.89. The van der Waals surface area contributed by atoms with Crippen LogP contribution in [0.25, 0.3) is 6.08 Å². The van der Waals surface area contributed by atoms with E-state index in [0.717, 1.165) is 12.0 Å². The van der Waals surface area contributed by atoms with E-state index in [1.165, 1.54) is 37.1 Å². The molecular formula is C24H33N5O4S. The minimum absolute atomic E-state index is 0.0157. The van der Waals surface area contributed by atoms with Crippen LogP contribution < -0.4 is 20.1 Å². The molecule has 0 bridgehead atoms. The van der Waals surface area contributed by atoms with E-state index in [2.05, 4.69) is 27.8 Å². The van der Waals surface area contributed by atoms with Crippen LogP contribution in [0.1, 0.15) is 44.0 Å². The van der Waals surface area contributed by atoms with Crippen molar-refractivity contribution in [1.82, 2.24) is 25.4 Å². The first-order chi connectivity index (χ1) is 16.4. The molecular weight excluding hydrogens is 454 g/mol. The molecule has 3 rings (SSSR count). The summed E-state index contributed by atoms with van der Waals surface area (Å²) < 4.78 is 12.3. The number of carbonyl (C=O) groups is 2. The summed E-state index contributed by atoms with van der Waals surface area (Å²) >= 11 is 1.34. The van der Waals surface area contributed by atoms with Crippen molar-refractivity contribution in [3.05, 3.63) is 35.7 Å². The molecule has 2 amide bonds. The third-order valence-electron chi connectivity index (χ3n) is 5.97. The smallest absolute Gasteiger partial charge is 0.244 e. The monoisotopic (exact) mass is 487 g/mol. The molecule has 1 aliphatic carbocycles. The summed E-state index contributed by atoms with van der Waals surface area (Å²) in [7, 11) is 4.96. The summed E-state index contributed by atoms with van der Waals surface area (Å²) in [5.74, 6) is 2.40. The lowest BCUT2D eigenvalue weighted by Gasteiger charge is -2.29. The van der Waals surface area contributed by atoms with Gasteiger partial charge >= 0.3 is 0 Å². The number of hydrogen-bond donors (Lipinski definition) is 2. The Bertz CT molecular complexity index is 1020. The second kappa shape index (κ2) is 12.5. The molecule has 2 atom stereocenters. The molecule has 1 aliphatic rings. The van der Waals surface area contributed by atoms with Crippen LogP contribution in [0.3, 0.4) is 0 Å². The standard InChI is InChI=1S/C24H33N5O4S/c1-16-7-5-6-8-18(16)26-23(31)15-34-24-28-27-21(29(24)2)14-25-22(30)12-10-17-9-11-19(32-3)20(13-17)33-4/h9-13,16,18H,5-8,14-15H2,1-4H3,(H,25,30)(H,26,31)/b12-10+. The molecule has 2 aromatic rings. The van der Waals surface area contributed by atoms with Gasteiger partial charge in [-0.1, -0.05) is 37.6 Å². The maximum atomic E-state index is 12.4. The first kappa shape index (κ1) is 25.6. The Hall–Kier alpha value is -3.01. The van der Waals surface area contributed by atoms with E-state index in [1.807, 2.05) is 13.1 Å². The molecule has 184 valence electrons. The van der Waals surface area contributed by atoms with Crippen molar-refractivity contribution in [2.75, 3.05) is 20.0 Å². The van der Waals surface area contributed by atoms with Crippen molar-refractivity contribution in [1.29, 1.82) is 0 Å². The number of nitrogens with zero attached hydrogens (tertiary/aromatic N) is 3. The zero-order chi connectivity index (χ0) is 24.5. The summed E-state index contributed by atoms with van der Waals surface area (Å²) in [5, 5.41) is 14.9. The van der Waals surface area contributed by atoms with Gasteiger partial charge in [-0.15, -0.1) is 10.2 Å². The molecule has 1 aromatic carbocycles. The van der Waals surface area contributed by atoms with E-state index >= 15 is 0 Å². The van der Waals surface area contributed by atoms with Gasteiger partial charge in [0.1, 0.15) is 0 Å². The fourth-order valence-corrected chi connectivity index (χ4v) is 4.63. The fraction of sp³-hybridized carbons (Fsp3) is 0.500. The van der Waals surface area contributed by atoms with Crippen LogP contribution in [0.15, 0.2) is 29.4 Å². The van der Waals surface area contributed by atoms with Crippen LogP contribution in [0, 0.1) is 5.92 Å². The van der Waals surface area contributed by atoms with Gasteiger partial charge in [0.2, 0.25) is 11.8 Å². The van der Waals surface area contributed by atoms with Gasteiger partial charge in [0, 0.05) is 19.2 Å². The first-order valence-corrected chi connectivity index (χ1v) is 12.4. The predicted octanol–water partition coefficient (Wildman–Crippen LogP) is 2.95. The molecule has 9 nitrogen and oxygen atoms in total. The second-order valence-corrected chi connectivity index (χ2v) is 9.29. The van der Waals surface area contributed by atoms with Gasteiger partial charge in [-0.25, -0.2) is 0 Å². The Labute approximate surface area is 204 Å². The van der Waals surface area contributed by atoms with Gasteiger partial charge in [-0.05, 0) is 42.5 Å². The average Bonchev–Trinajstić information content (AvgIpc) is 3.20. The normalized spacial score (nSPS) is 18.0. The number of rotatable bonds is 10. The summed E-state index contributed by atoms with van der Waals surface area (Å²) in [5.41, 5.74) is 0.811. The SMILES string of the molecule is COc1ccc(/C=C/C(=O)NCc2nnc(SCC(=O)NC3CCCCC3C)n2C)cc1OC. The van der Waals surface area contributed by atoms with Gasteiger partial charge in [0.25, 0.3) is 0 Å². The number of nitrogens with one attached hydrogen (secondary N) is 2. The third kappa shape index (κ3) is 6.99. The third-order valence-corrected chi connectivity index (χ3v) is 6.99. The van der Waals surface area contributed by atoms with Crippen molar-refractivity contribution in [3.63, 3.8) is 0 Å². The van der Waals surface area contributed by atoms with Crippen molar-refractivity contribution in [2.45, 2.75) is 50.4 Å². The Morgan fingerprint density at radius 2 is 1.94 bits per heavy atom. The van der Waals surface area contributed by atoms with E-state index in [1.54, 1.807) is 37.0 Å². The van der Waals surface area contributed by atoms with Gasteiger partial charge in [0.05, 0.1) is 26.5 Å². The lowest BCUT2D eigenvalue weighted by atomic mass is 9.86. The van der Waals surface area contributed by atoms with Crippen LogP contribution in [0.2, 0.25) is 0 Å². The topological polar surface area (TPSA) is 107 Å². The Morgan fingerprint density at radius 3 is 2.68 bits per heavy atom. The number of hydrogen-bond acceptors (Lipinski definition) is 7. The lowest BCUT2D eigenvalue weighted by molar-refractivity contribution is -0.120. The van der Waals surface area contributed by atoms with E-state index < -0.39 is 0 Å². The van der Waals surface area contributed by atoms with Gasteiger partial charge in [-0.2, -0.15) is 0 Å². The molecule has 1 heterocycles. The number of ether oxygens (including phenoxy) is 2. The van der Waals surface area contributed by atoms with Gasteiger partial charge in [-0.3, -0.25) is 9.59 Å². The van der Waals surface area contributed by atoms with Crippen LogP contribution >= 0.6 is 11.8 Å². The highest BCUT2D eigenvalue weighted by molar-refractivity contribution is 7.99. The highest BCUT2D eigenvalue weighted by Crippen LogP contribution is 2.28. The molecule has 0 saturated heterocycles. The van der Waals surface area contributed by atoms with Crippen molar-refractivity contribution in [3.8, 4) is 11.5 Å². The highest BCUT2D eigenvalue weighted by Gasteiger charge is 2.23. The molecule has 2 unspecified atom stereocenters. The summed E-state index contributed by atoms with van der Waals surface area (Å²) in [6, 6.07) is 5.67. The Kier molecular flexibility index (Phi) is 9.38. The number of amides is 2. The Morgan fingerprint density at radius 1 is 1.18 bits per heavy atom. The summed E-state index contributed by atoms with van der Waals surface area (Å²) in [6.45, 7) is 2.43. The van der Waals surface area contributed by atoms with Crippen molar-refractivity contribution < 1.29 is 19.1 Å². The van der Waals surface area contributed by atoms with Crippen LogP contribution in [0.4, 0.5) is 0 Å². The molecule has 1 aromatic heterocycles. The number of carbonyl (C=O) groups excluding carboxylic acids is 2. The molecule has 1 fully saturated rings. The van der Waals surface area contributed by atoms with Crippen molar-refractivity contribution in [2.24, 2.45) is 13.0 Å². The van der Waals surface area contributed by atoms with Crippen LogP contribution in [0.5, 0.6) is 11.5 Å². The molecule has 1 saturated carbocycles.